The zero-order chi connectivity index (χ0) is 19.6. The average molecular weight is 376 g/mol. The van der Waals surface area contributed by atoms with Crippen LogP contribution in [0.3, 0.4) is 0 Å². The quantitative estimate of drug-likeness (QED) is 0.578. The van der Waals surface area contributed by atoms with Crippen molar-refractivity contribution in [3.8, 4) is 0 Å². The van der Waals surface area contributed by atoms with E-state index in [1.807, 2.05) is 0 Å². The van der Waals surface area contributed by atoms with Crippen LogP contribution < -0.4 is 5.32 Å². The molecule has 2 heterocycles. The zero-order valence-corrected chi connectivity index (χ0v) is 17.5. The van der Waals surface area contributed by atoms with Crippen LogP contribution in [0, 0.1) is 0 Å². The molecule has 0 atom stereocenters. The predicted molar refractivity (Wildman–Crippen MR) is 118 cm³/mol. The number of anilines is 1. The van der Waals surface area contributed by atoms with E-state index in [0.717, 1.165) is 18.5 Å². The normalized spacial score (nSPS) is 15.8. The van der Waals surface area contributed by atoms with Crippen LogP contribution in [0.1, 0.15) is 69.7 Å². The molecule has 1 aliphatic carbocycles. The second-order valence-corrected chi connectivity index (χ2v) is 9.26. The van der Waals surface area contributed by atoms with Crippen molar-refractivity contribution >= 4 is 11.5 Å². The number of hydrogen-bond donors (Lipinski definition) is 1. The van der Waals surface area contributed by atoms with E-state index < -0.39 is 0 Å². The summed E-state index contributed by atoms with van der Waals surface area (Å²) in [5.74, 6) is 1.20. The summed E-state index contributed by atoms with van der Waals surface area (Å²) in [6.07, 6.45) is 10.7. The van der Waals surface area contributed by atoms with E-state index in [4.69, 9.17) is 4.98 Å². The van der Waals surface area contributed by atoms with Crippen molar-refractivity contribution in [1.82, 2.24) is 9.38 Å². The van der Waals surface area contributed by atoms with Gasteiger partial charge >= 0.3 is 0 Å². The van der Waals surface area contributed by atoms with E-state index in [9.17, 15) is 0 Å². The molecule has 0 amide bonds. The van der Waals surface area contributed by atoms with E-state index in [1.54, 1.807) is 0 Å². The molecule has 1 aromatic carbocycles. The summed E-state index contributed by atoms with van der Waals surface area (Å²) in [7, 11) is 0. The first-order valence-electron chi connectivity index (χ1n) is 10.8. The minimum atomic E-state index is 0.206. The third kappa shape index (κ3) is 4.24. The smallest absolute Gasteiger partial charge is 0.138 e. The molecular weight excluding hydrogens is 342 g/mol. The molecule has 0 bridgehead atoms. The number of fused-ring (bicyclic) bond motifs is 1. The number of hydrogen-bond acceptors (Lipinski definition) is 2. The molecule has 148 valence electrons. The summed E-state index contributed by atoms with van der Waals surface area (Å²) in [6, 6.07) is 16.0. The molecule has 0 unspecified atom stereocenters. The Balaban J connectivity index is 1.53. The first kappa shape index (κ1) is 19.0. The van der Waals surface area contributed by atoms with Crippen molar-refractivity contribution in [2.24, 2.45) is 0 Å². The zero-order valence-electron chi connectivity index (χ0n) is 17.5. The van der Waals surface area contributed by atoms with Crippen LogP contribution in [0.25, 0.3) is 5.65 Å². The summed E-state index contributed by atoms with van der Waals surface area (Å²) in [5.41, 5.74) is 5.21. The fraction of sp³-hybridized carbons (Fsp3) is 0.480. The number of nitrogens with one attached hydrogen (secondary N) is 1. The highest BCUT2D eigenvalue weighted by atomic mass is 15.1. The molecule has 28 heavy (non-hydrogen) atoms. The molecular formula is C25H33N3. The highest BCUT2D eigenvalue weighted by molar-refractivity contribution is 5.56. The minimum Gasteiger partial charge on any atom is -0.367 e. The van der Waals surface area contributed by atoms with E-state index in [1.165, 1.54) is 54.7 Å². The lowest BCUT2D eigenvalue weighted by molar-refractivity contribution is 0.461. The number of aryl methyl sites for hydroxylation is 2. The van der Waals surface area contributed by atoms with Crippen molar-refractivity contribution in [2.45, 2.75) is 77.2 Å². The molecule has 0 spiro atoms. The molecule has 1 saturated carbocycles. The number of rotatable bonds is 5. The fourth-order valence-corrected chi connectivity index (χ4v) is 4.25. The second kappa shape index (κ2) is 7.98. The van der Waals surface area contributed by atoms with Crippen LogP contribution >= 0.6 is 0 Å². The van der Waals surface area contributed by atoms with Crippen LogP contribution in [0.4, 0.5) is 5.82 Å². The van der Waals surface area contributed by atoms with Crippen molar-refractivity contribution in [3.63, 3.8) is 0 Å². The number of benzene rings is 1. The van der Waals surface area contributed by atoms with Crippen molar-refractivity contribution < 1.29 is 0 Å². The van der Waals surface area contributed by atoms with Gasteiger partial charge in [0.25, 0.3) is 0 Å². The monoisotopic (exact) mass is 375 g/mol. The molecule has 0 saturated heterocycles. The van der Waals surface area contributed by atoms with Gasteiger partial charge in [0.15, 0.2) is 0 Å². The van der Waals surface area contributed by atoms with Crippen molar-refractivity contribution in [2.75, 3.05) is 5.32 Å². The lowest BCUT2D eigenvalue weighted by Gasteiger charge is -2.24. The molecule has 1 aliphatic rings. The van der Waals surface area contributed by atoms with Gasteiger partial charge in [-0.1, -0.05) is 70.4 Å². The van der Waals surface area contributed by atoms with E-state index in [-0.39, 0.29) is 5.41 Å². The lowest BCUT2D eigenvalue weighted by atomic mass is 9.86. The summed E-state index contributed by atoms with van der Waals surface area (Å²) >= 11 is 0. The Morgan fingerprint density at radius 2 is 1.71 bits per heavy atom. The Morgan fingerprint density at radius 3 is 2.43 bits per heavy atom. The molecule has 0 aliphatic heterocycles. The highest BCUT2D eigenvalue weighted by Crippen LogP contribution is 2.26. The number of pyridine rings is 1. The van der Waals surface area contributed by atoms with Crippen molar-refractivity contribution in [1.29, 1.82) is 0 Å². The summed E-state index contributed by atoms with van der Waals surface area (Å²) in [6.45, 7) is 6.80. The molecule has 4 rings (SSSR count). The maximum Gasteiger partial charge on any atom is 0.138 e. The van der Waals surface area contributed by atoms with Gasteiger partial charge in [0.05, 0.1) is 5.69 Å². The fourth-order valence-electron chi connectivity index (χ4n) is 4.25. The molecule has 1 fully saturated rings. The first-order chi connectivity index (χ1) is 13.5. The number of nitrogens with zero attached hydrogens (tertiary/aromatic N) is 2. The largest absolute Gasteiger partial charge is 0.367 e. The van der Waals surface area contributed by atoms with Crippen LogP contribution in [0.15, 0.2) is 48.7 Å². The highest BCUT2D eigenvalue weighted by Gasteiger charge is 2.18. The summed E-state index contributed by atoms with van der Waals surface area (Å²) < 4.78 is 2.23. The third-order valence-corrected chi connectivity index (χ3v) is 6.02. The van der Waals surface area contributed by atoms with Gasteiger partial charge in [0.2, 0.25) is 0 Å². The van der Waals surface area contributed by atoms with E-state index >= 15 is 0 Å². The van der Waals surface area contributed by atoms with Gasteiger partial charge in [-0.15, -0.1) is 0 Å². The van der Waals surface area contributed by atoms with Crippen molar-refractivity contribution in [3.05, 3.63) is 65.5 Å². The number of aromatic nitrogens is 2. The Kier molecular flexibility index (Phi) is 5.43. The standard InChI is InChI=1S/C25H33N3/c1-25(2,3)20-15-12-19(13-16-20)14-17-22-24(26-21-9-5-4-6-10-21)28-18-8-7-11-23(28)27-22/h7-8,11-13,15-16,18,21,26H,4-6,9-10,14,17H2,1-3H3. The Labute approximate surface area is 169 Å². The topological polar surface area (TPSA) is 29.3 Å². The predicted octanol–water partition coefficient (Wildman–Crippen LogP) is 6.16. The maximum absolute atomic E-state index is 4.95. The third-order valence-electron chi connectivity index (χ3n) is 6.02. The van der Waals surface area contributed by atoms with Gasteiger partial charge < -0.3 is 5.32 Å². The van der Waals surface area contributed by atoms with E-state index in [2.05, 4.69) is 79.2 Å². The summed E-state index contributed by atoms with van der Waals surface area (Å²) in [4.78, 5) is 4.95. The molecule has 3 heteroatoms. The molecule has 2 aromatic heterocycles. The van der Waals surface area contributed by atoms with Gasteiger partial charge in [-0.05, 0) is 54.4 Å². The van der Waals surface area contributed by atoms with E-state index in [0.29, 0.717) is 6.04 Å². The Morgan fingerprint density at radius 1 is 0.964 bits per heavy atom. The Hall–Kier alpha value is -2.29. The minimum absolute atomic E-state index is 0.206. The van der Waals surface area contributed by atoms with Crippen LogP contribution in [-0.2, 0) is 18.3 Å². The molecule has 3 nitrogen and oxygen atoms in total. The van der Waals surface area contributed by atoms with Gasteiger partial charge in [0.1, 0.15) is 11.5 Å². The molecule has 1 N–H and O–H groups in total. The number of imidazole rings is 1. The van der Waals surface area contributed by atoms with Gasteiger partial charge in [-0.25, -0.2) is 4.98 Å². The van der Waals surface area contributed by atoms with Gasteiger partial charge in [-0.3, -0.25) is 4.40 Å². The second-order valence-electron chi connectivity index (χ2n) is 9.26. The van der Waals surface area contributed by atoms with Gasteiger partial charge in [0, 0.05) is 12.2 Å². The first-order valence-corrected chi connectivity index (χ1v) is 10.8. The van der Waals surface area contributed by atoms with Crippen LogP contribution in [-0.4, -0.2) is 15.4 Å². The summed E-state index contributed by atoms with van der Waals surface area (Å²) in [5, 5.41) is 3.84. The van der Waals surface area contributed by atoms with Crippen LogP contribution in [0.5, 0.6) is 0 Å². The Bertz CT molecular complexity index is 909. The molecule has 0 radical (unpaired) electrons. The SMILES string of the molecule is CC(C)(C)c1ccc(CCc2nc3ccccn3c2NC2CCCCC2)cc1. The van der Waals surface area contributed by atoms with Crippen LogP contribution in [0.2, 0.25) is 0 Å². The van der Waals surface area contributed by atoms with Gasteiger partial charge in [-0.2, -0.15) is 0 Å². The lowest BCUT2D eigenvalue weighted by Crippen LogP contribution is -2.23. The maximum atomic E-state index is 4.95. The molecule has 3 aromatic rings. The average Bonchev–Trinajstić information content (AvgIpc) is 3.04.